The number of carbonyl (C=O) groups excluding carboxylic acids is 1. The molecule has 0 spiro atoms. The van der Waals surface area contributed by atoms with E-state index < -0.39 is 0 Å². The van der Waals surface area contributed by atoms with Gasteiger partial charge >= 0.3 is 0 Å². The largest absolute Gasteiger partial charge is 0.331 e. The maximum Gasteiger partial charge on any atom is 0.256 e. The summed E-state index contributed by atoms with van der Waals surface area (Å²) in [6.45, 7) is 2.63. The van der Waals surface area contributed by atoms with E-state index in [2.05, 4.69) is 23.2 Å². The highest BCUT2D eigenvalue weighted by Gasteiger charge is 2.50. The van der Waals surface area contributed by atoms with E-state index in [0.717, 1.165) is 12.8 Å². The Bertz CT molecular complexity index is 834. The number of benzene rings is 1. The van der Waals surface area contributed by atoms with Crippen LogP contribution in [0.2, 0.25) is 0 Å². The van der Waals surface area contributed by atoms with Crippen LogP contribution in [0.1, 0.15) is 35.7 Å². The molecule has 5 rings (SSSR count). The first kappa shape index (κ1) is 15.8. The first-order valence-electron chi connectivity index (χ1n) is 8.57. The molecule has 2 aromatic rings. The number of aromatic nitrogens is 3. The molecule has 2 aliphatic heterocycles. The SMILES string of the molecule is CC1C2CC(C2)N(C(=O)c2cc(C#N)ccc2-n2nccn2)C1CN. The van der Waals surface area contributed by atoms with E-state index in [4.69, 9.17) is 5.73 Å². The van der Waals surface area contributed by atoms with Gasteiger partial charge in [-0.15, -0.1) is 0 Å². The number of piperidine rings is 2. The van der Waals surface area contributed by atoms with Crippen molar-refractivity contribution in [2.24, 2.45) is 17.6 Å². The van der Waals surface area contributed by atoms with Gasteiger partial charge < -0.3 is 10.6 Å². The molecule has 1 aromatic carbocycles. The van der Waals surface area contributed by atoms with E-state index in [-0.39, 0.29) is 18.0 Å². The molecule has 128 valence electrons. The fourth-order valence-electron chi connectivity index (χ4n) is 4.20. The summed E-state index contributed by atoms with van der Waals surface area (Å²) in [5.41, 5.74) is 7.47. The smallest absolute Gasteiger partial charge is 0.256 e. The standard InChI is InChI=1S/C18H20N6O/c1-11-13-7-14(8-13)23(17(11)10-20)18(25)15-6-12(9-19)2-3-16(15)24-21-4-5-22-24/h2-6,11,13-14,17H,7-8,10,20H2,1H3. The van der Waals surface area contributed by atoms with Gasteiger partial charge in [0, 0.05) is 18.6 Å². The van der Waals surface area contributed by atoms with Crippen molar-refractivity contribution < 1.29 is 4.79 Å². The molecule has 3 fully saturated rings. The molecule has 1 aromatic heterocycles. The Kier molecular flexibility index (Phi) is 3.77. The number of nitrogens with two attached hydrogens (primary N) is 1. The van der Waals surface area contributed by atoms with Gasteiger partial charge in [-0.2, -0.15) is 20.3 Å². The normalized spacial score (nSPS) is 27.5. The molecule has 1 aliphatic carbocycles. The highest BCUT2D eigenvalue weighted by molar-refractivity contribution is 5.98. The van der Waals surface area contributed by atoms with Gasteiger partial charge in [-0.1, -0.05) is 6.92 Å². The van der Waals surface area contributed by atoms with Crippen molar-refractivity contribution in [2.45, 2.75) is 31.8 Å². The lowest BCUT2D eigenvalue weighted by Gasteiger charge is -2.57. The summed E-state index contributed by atoms with van der Waals surface area (Å²) in [6.07, 6.45) is 5.21. The second-order valence-corrected chi connectivity index (χ2v) is 6.92. The third-order valence-corrected chi connectivity index (χ3v) is 5.72. The molecule has 7 nitrogen and oxygen atoms in total. The lowest BCUT2D eigenvalue weighted by molar-refractivity contribution is -0.0514. The summed E-state index contributed by atoms with van der Waals surface area (Å²) in [7, 11) is 0. The van der Waals surface area contributed by atoms with Crippen LogP contribution < -0.4 is 5.73 Å². The Morgan fingerprint density at radius 2 is 2.08 bits per heavy atom. The summed E-state index contributed by atoms with van der Waals surface area (Å²) in [5, 5.41) is 17.5. The fourth-order valence-corrected chi connectivity index (χ4v) is 4.20. The Morgan fingerprint density at radius 1 is 1.36 bits per heavy atom. The fraction of sp³-hybridized carbons (Fsp3) is 0.444. The van der Waals surface area contributed by atoms with Crippen molar-refractivity contribution in [3.63, 3.8) is 0 Å². The third kappa shape index (κ3) is 2.41. The zero-order chi connectivity index (χ0) is 17.6. The minimum absolute atomic E-state index is 0.0363. The third-order valence-electron chi connectivity index (χ3n) is 5.72. The maximum absolute atomic E-state index is 13.4. The van der Waals surface area contributed by atoms with Crippen LogP contribution in [-0.2, 0) is 0 Å². The molecule has 25 heavy (non-hydrogen) atoms. The number of hydrogen-bond acceptors (Lipinski definition) is 5. The van der Waals surface area contributed by atoms with Gasteiger partial charge in [-0.05, 0) is 42.9 Å². The van der Waals surface area contributed by atoms with Crippen LogP contribution in [0.15, 0.2) is 30.6 Å². The lowest BCUT2D eigenvalue weighted by Crippen LogP contribution is -2.64. The quantitative estimate of drug-likeness (QED) is 0.911. The zero-order valence-electron chi connectivity index (χ0n) is 14.0. The average molecular weight is 336 g/mol. The van der Waals surface area contributed by atoms with Crippen molar-refractivity contribution >= 4 is 5.91 Å². The average Bonchev–Trinajstić information content (AvgIpc) is 3.13. The molecule has 1 amide bonds. The minimum atomic E-state index is -0.0881. The number of nitrogens with zero attached hydrogens (tertiary/aromatic N) is 5. The van der Waals surface area contributed by atoms with Gasteiger partial charge in [-0.25, -0.2) is 0 Å². The van der Waals surface area contributed by atoms with Crippen LogP contribution >= 0.6 is 0 Å². The molecular formula is C18H20N6O. The van der Waals surface area contributed by atoms with E-state index in [1.165, 1.54) is 4.80 Å². The van der Waals surface area contributed by atoms with Crippen molar-refractivity contribution in [3.8, 4) is 11.8 Å². The summed E-state index contributed by atoms with van der Waals surface area (Å²) >= 11 is 0. The molecule has 2 N–H and O–H groups in total. The van der Waals surface area contributed by atoms with Crippen molar-refractivity contribution in [2.75, 3.05) is 6.54 Å². The van der Waals surface area contributed by atoms with Crippen molar-refractivity contribution in [1.29, 1.82) is 5.26 Å². The first-order chi connectivity index (χ1) is 12.1. The molecule has 0 radical (unpaired) electrons. The van der Waals surface area contributed by atoms with Gasteiger partial charge in [0.25, 0.3) is 5.91 Å². The van der Waals surface area contributed by atoms with Gasteiger partial charge in [0.1, 0.15) is 0 Å². The molecule has 7 heteroatoms. The number of amides is 1. The first-order valence-corrected chi connectivity index (χ1v) is 8.57. The number of carbonyl (C=O) groups is 1. The molecule has 2 atom stereocenters. The van der Waals surface area contributed by atoms with E-state index in [0.29, 0.717) is 35.2 Å². The van der Waals surface area contributed by atoms with Crippen molar-refractivity contribution in [1.82, 2.24) is 19.9 Å². The summed E-state index contributed by atoms with van der Waals surface area (Å²) < 4.78 is 0. The maximum atomic E-state index is 13.4. The number of nitriles is 1. The molecule has 1 saturated carbocycles. The summed E-state index contributed by atoms with van der Waals surface area (Å²) in [5.74, 6) is 0.972. The second kappa shape index (κ2) is 5.97. The Balaban J connectivity index is 1.78. The van der Waals surface area contributed by atoms with Crippen LogP contribution in [0.4, 0.5) is 0 Å². The molecule has 2 unspecified atom stereocenters. The van der Waals surface area contributed by atoms with E-state index in [1.807, 2.05) is 4.90 Å². The molecular weight excluding hydrogens is 316 g/mol. The zero-order valence-corrected chi connectivity index (χ0v) is 14.0. The number of rotatable bonds is 3. The van der Waals surface area contributed by atoms with Crippen LogP contribution in [0.5, 0.6) is 0 Å². The van der Waals surface area contributed by atoms with E-state index >= 15 is 0 Å². The summed E-state index contributed by atoms with van der Waals surface area (Å²) in [4.78, 5) is 16.8. The predicted molar refractivity (Wildman–Crippen MR) is 90.8 cm³/mol. The lowest BCUT2D eigenvalue weighted by atomic mass is 9.64. The Hall–Kier alpha value is -2.72. The topological polar surface area (TPSA) is 101 Å². The predicted octanol–water partition coefficient (Wildman–Crippen LogP) is 1.34. The van der Waals surface area contributed by atoms with Crippen molar-refractivity contribution in [3.05, 3.63) is 41.7 Å². The Labute approximate surface area is 146 Å². The van der Waals surface area contributed by atoms with Gasteiger partial charge in [0.2, 0.25) is 0 Å². The van der Waals surface area contributed by atoms with Crippen LogP contribution in [0, 0.1) is 23.2 Å². The molecule has 3 heterocycles. The van der Waals surface area contributed by atoms with Crippen LogP contribution in [0.3, 0.4) is 0 Å². The van der Waals surface area contributed by atoms with Gasteiger partial charge in [0.05, 0.1) is 35.3 Å². The number of hydrogen-bond donors (Lipinski definition) is 1. The number of fused-ring (bicyclic) bond motifs is 2. The highest BCUT2D eigenvalue weighted by Crippen LogP contribution is 2.46. The summed E-state index contributed by atoms with van der Waals surface area (Å²) in [6, 6.07) is 7.41. The molecule has 3 aliphatic rings. The molecule has 2 bridgehead atoms. The van der Waals surface area contributed by atoms with E-state index in [9.17, 15) is 10.1 Å². The highest BCUT2D eigenvalue weighted by atomic mass is 16.2. The monoisotopic (exact) mass is 336 g/mol. The Morgan fingerprint density at radius 3 is 2.72 bits per heavy atom. The second-order valence-electron chi connectivity index (χ2n) is 6.92. The molecule has 2 saturated heterocycles. The van der Waals surface area contributed by atoms with E-state index in [1.54, 1.807) is 30.6 Å². The minimum Gasteiger partial charge on any atom is -0.331 e. The van der Waals surface area contributed by atoms with Gasteiger partial charge in [0.15, 0.2) is 0 Å². The van der Waals surface area contributed by atoms with Crippen LogP contribution in [0.25, 0.3) is 5.69 Å². The van der Waals surface area contributed by atoms with Gasteiger partial charge in [-0.3, -0.25) is 4.79 Å². The van der Waals surface area contributed by atoms with Crippen LogP contribution in [-0.4, -0.2) is 44.4 Å².